The molecular weight excluding hydrogens is 2870 g/mol. The molecule has 15 aromatic rings. The first-order chi connectivity index (χ1) is 61.0. The quantitative estimate of drug-likeness (QED) is 0.0348. The maximum atomic E-state index is 13.8. The van der Waals surface area contributed by atoms with E-state index in [-0.39, 0.29) is 157 Å². The molecule has 0 saturated carbocycles. The Balaban J connectivity index is 0.000000751. The van der Waals surface area contributed by atoms with Crippen molar-refractivity contribution in [2.75, 3.05) is 0 Å². The van der Waals surface area contributed by atoms with Crippen LogP contribution in [0.3, 0.4) is 0 Å². The maximum absolute atomic E-state index is 13.8. The summed E-state index contributed by atoms with van der Waals surface area (Å²) in [7, 11) is -1.48. The van der Waals surface area contributed by atoms with E-state index >= 15 is 0 Å². The third-order valence-electron chi connectivity index (χ3n) is 16.3. The van der Waals surface area contributed by atoms with Gasteiger partial charge in [-0.1, -0.05) is 201 Å². The van der Waals surface area contributed by atoms with Crippen LogP contribution >= 0.6 is 61.7 Å². The average molecular weight is 2950 g/mol. The molecule has 10 aromatic heterocycles. The molecule has 0 spiro atoms. The fourth-order valence-corrected chi connectivity index (χ4v) is 12.1. The largest absolute Gasteiger partial charge is 0.477 e. The molecule has 15 rings (SSSR count). The van der Waals surface area contributed by atoms with E-state index in [2.05, 4.69) is 180 Å². The van der Waals surface area contributed by atoms with Crippen molar-refractivity contribution in [1.29, 1.82) is 0 Å². The van der Waals surface area contributed by atoms with Crippen LogP contribution in [0.4, 0.5) is 35.1 Å². The average Bonchev–Trinajstić information content (AvgIpc) is 0.846. The van der Waals surface area contributed by atoms with Crippen molar-refractivity contribution in [2.45, 2.75) is 72.0 Å². The van der Waals surface area contributed by atoms with Gasteiger partial charge in [-0.3, -0.25) is 35.1 Å². The molecule has 0 saturated heterocycles. The minimum Gasteiger partial charge on any atom is -0.477 e. The number of halogens is 12. The smallest absolute Gasteiger partial charge is 0.354 e. The summed E-state index contributed by atoms with van der Waals surface area (Å²) in [4.78, 5) is 89.1. The molecule has 0 aliphatic heterocycles. The topological polar surface area (TPSA) is 315 Å². The van der Waals surface area contributed by atoms with Gasteiger partial charge in [0.25, 0.3) is 0 Å². The number of benzene rings is 5. The van der Waals surface area contributed by atoms with Crippen LogP contribution in [0.1, 0.15) is 105 Å². The first-order valence-corrected chi connectivity index (χ1v) is 43.8. The molecule has 0 fully saturated rings. The molecule has 134 heavy (non-hydrogen) atoms. The van der Waals surface area contributed by atoms with Crippen LogP contribution < -0.4 is 5.19 Å². The molecule has 0 aliphatic rings. The summed E-state index contributed by atoms with van der Waals surface area (Å²) in [5.74, 6) is -9.61. The zero-order valence-electron chi connectivity index (χ0n) is 71.4. The minimum absolute atomic E-state index is 0. The van der Waals surface area contributed by atoms with Crippen molar-refractivity contribution in [3.8, 4) is 56.3 Å². The number of hydrogen-bond acceptors (Lipinski definition) is 15. The number of rotatable bonds is 11. The number of carboxylic acid groups (broad SMARTS) is 5. The molecule has 5 N–H and O–H groups in total. The zero-order chi connectivity index (χ0) is 95.1. The van der Waals surface area contributed by atoms with Crippen molar-refractivity contribution in [1.82, 2.24) is 49.8 Å². The van der Waals surface area contributed by atoms with Gasteiger partial charge in [0.05, 0.1) is 8.07 Å². The number of carbonyl (C=O) groups is 5. The number of pyridine rings is 10. The Morgan fingerprint density at radius 3 is 0.799 bits per heavy atom. The maximum Gasteiger partial charge on any atom is 0.354 e. The van der Waals surface area contributed by atoms with Crippen LogP contribution in [-0.2, 0) is 111 Å². The molecule has 0 atom stereocenters. The third kappa shape index (κ3) is 43.1. The van der Waals surface area contributed by atoms with E-state index in [0.717, 1.165) is 55.6 Å². The third-order valence-corrected chi connectivity index (χ3v) is 20.0. The first kappa shape index (κ1) is 122. The van der Waals surface area contributed by atoms with Gasteiger partial charge in [-0.2, -0.15) is 0 Å². The van der Waals surface area contributed by atoms with Crippen molar-refractivity contribution in [3.05, 3.63) is 409 Å². The molecule has 38 heteroatoms. The molecule has 0 aliphatic carbocycles. The normalized spacial score (nSPS) is 9.98. The van der Waals surface area contributed by atoms with Gasteiger partial charge in [0.2, 0.25) is 0 Å². The molecule has 5 radical (unpaired) electrons. The summed E-state index contributed by atoms with van der Waals surface area (Å²) in [6.45, 7) is 19.1. The number of hydrogen-bond donors (Lipinski definition) is 5. The summed E-state index contributed by atoms with van der Waals surface area (Å²) in [5, 5.41) is 43.5. The second kappa shape index (κ2) is 60.9. The SMILES string of the molecule is CC(C)(C)c1ccnc(-c2[c-]cc(Cl)cc2F)c1.CC(C)(C)c1ccnc(-c2[c-]cc(F)cc2F)c1.C[Si](C)(C)c1ccnc(-c2[c-]cc(F)cc2F)c1.Fc1c[c-]c(-c2cc(Br)ccn2)c(F)c1.Fc1cc(Cl)c[c-]c1-c1cc(I)ccn1.O=C(O)c1ccccn1.O=C(O)c1ccccn1.O=C(O)c1ccccn1.O=C(O)c1ccccn1.O=C(O)c1ccccn1.[Ir].[Ir].[Ir].[Ir].[Ir]. The van der Waals surface area contributed by atoms with Crippen molar-refractivity contribution < 1.29 is 185 Å². The predicted molar refractivity (Wildman–Crippen MR) is 489 cm³/mol. The molecule has 5 aromatic carbocycles. The van der Waals surface area contributed by atoms with Crippen LogP contribution in [0.5, 0.6) is 0 Å². The van der Waals surface area contributed by atoms with Crippen molar-refractivity contribution in [3.63, 3.8) is 0 Å². The Morgan fingerprint density at radius 1 is 0.321 bits per heavy atom. The standard InChI is InChI=1S/C15H14ClFN.C15H14F2N.C14H14F2NSi.C11H5BrF2N.C11H5ClFIN.5C6H5NO2.5Ir/c2*1-15(2,3)10-6-7-18-14(8-10)12-5-4-11(16)9-13(12)17;1-18(2,3)11-6-7-17-14(9-11)12-5-4-10(15)8-13(12)16;12-7-3-4-15-11(5-7)9-2-1-8(13)6-10(9)14;12-7-1-2-9(10(13)5-7)11-6-8(14)3-4-15-11;5*8-6(9)5-3-1-2-4-7-5;;;;;/h3*4,6-9H,1-3H3;2*1,3-6H;5*1-4H,(H,8,9);;;;;/q5*-1;;;;;;;;;;. The minimum atomic E-state index is -1.48. The van der Waals surface area contributed by atoms with E-state index in [0.29, 0.717) is 49.6 Å². The molecule has 0 amide bonds. The molecule has 709 valence electrons. The number of aromatic nitrogens is 10. The van der Waals surface area contributed by atoms with Crippen molar-refractivity contribution in [2.24, 2.45) is 0 Å². The molecule has 10 heterocycles. The van der Waals surface area contributed by atoms with E-state index < -0.39 is 84.5 Å². The zero-order valence-corrected chi connectivity index (χ0v) is 89.7. The Morgan fingerprint density at radius 2 is 0.567 bits per heavy atom. The fraction of sp³-hybridized carbons (Fsp3) is 0.115. The van der Waals surface area contributed by atoms with Gasteiger partial charge in [0.15, 0.2) is 0 Å². The van der Waals surface area contributed by atoms with Crippen LogP contribution in [0.15, 0.2) is 279 Å². The van der Waals surface area contributed by atoms with Crippen LogP contribution in [0.25, 0.3) is 56.3 Å². The number of aromatic carboxylic acids is 5. The van der Waals surface area contributed by atoms with Crippen LogP contribution in [0.2, 0.25) is 29.7 Å². The van der Waals surface area contributed by atoms with Gasteiger partial charge in [-0.15, -0.1) is 83.9 Å². The van der Waals surface area contributed by atoms with Crippen molar-refractivity contribution >= 4 is 105 Å². The van der Waals surface area contributed by atoms with E-state index in [9.17, 15) is 59.1 Å². The Bertz CT molecular complexity index is 5620. The summed E-state index contributed by atoms with van der Waals surface area (Å²) in [6, 6.07) is 66.9. The van der Waals surface area contributed by atoms with Gasteiger partial charge in [0, 0.05) is 217 Å². The second-order valence-electron chi connectivity index (χ2n) is 29.1. The summed E-state index contributed by atoms with van der Waals surface area (Å²) in [6.07, 6.45) is 15.4. The van der Waals surface area contributed by atoms with Crippen LogP contribution in [-0.4, -0.2) is 113 Å². The second-order valence-corrected chi connectivity index (χ2v) is 37.2. The summed E-state index contributed by atoms with van der Waals surface area (Å²) >= 11 is 16.8. The molecule has 20 nitrogen and oxygen atoms in total. The Labute approximate surface area is 868 Å². The van der Waals surface area contributed by atoms with E-state index in [1.807, 2.05) is 42.5 Å². The van der Waals surface area contributed by atoms with E-state index in [1.54, 1.807) is 110 Å². The predicted octanol–water partition coefficient (Wildman–Crippen LogP) is 23.6. The Hall–Kier alpha value is -10.4. The molecule has 0 bridgehead atoms. The van der Waals surface area contributed by atoms with E-state index in [4.69, 9.17) is 48.7 Å². The Kier molecular flexibility index (Phi) is 55.3. The number of nitrogens with zero attached hydrogens (tertiary/aromatic N) is 10. The first-order valence-electron chi connectivity index (χ1n) is 37.7. The van der Waals surface area contributed by atoms with Gasteiger partial charge >= 0.3 is 29.8 Å². The van der Waals surface area contributed by atoms with Crippen LogP contribution in [0, 0.1) is 80.4 Å². The fourth-order valence-electron chi connectivity index (χ4n) is 9.84. The summed E-state index contributed by atoms with van der Waals surface area (Å²) in [5.41, 5.74) is 6.33. The van der Waals surface area contributed by atoms with Gasteiger partial charge in [-0.05, 0) is 174 Å². The van der Waals surface area contributed by atoms with E-state index in [1.165, 1.54) is 90.9 Å². The molecular formula is C96H77BrCl2F8IIr5N10O10Si-5. The molecule has 0 unspecified atom stereocenters. The van der Waals surface area contributed by atoms with Gasteiger partial charge in [-0.25, -0.2) is 48.9 Å². The van der Waals surface area contributed by atoms with Gasteiger partial charge < -0.3 is 50.5 Å². The number of carboxylic acids is 5. The monoisotopic (exact) mass is 2950 g/mol. The summed E-state index contributed by atoms with van der Waals surface area (Å²) < 4.78 is 108. The van der Waals surface area contributed by atoms with Gasteiger partial charge in [0.1, 0.15) is 28.5 Å².